The van der Waals surface area contributed by atoms with Crippen LogP contribution in [0, 0.1) is 0 Å². The number of nitrogens with one attached hydrogen (secondary N) is 1. The Bertz CT molecular complexity index is 833. The maximum atomic E-state index is 12.3. The number of hydrogen-bond donors (Lipinski definition) is 1. The number of hydrazone groups is 1. The van der Waals surface area contributed by atoms with Gasteiger partial charge in [-0.3, -0.25) is 0 Å². The van der Waals surface area contributed by atoms with E-state index in [2.05, 4.69) is 9.93 Å². The molecule has 0 heterocycles. The van der Waals surface area contributed by atoms with Gasteiger partial charge in [0.25, 0.3) is 10.0 Å². The van der Waals surface area contributed by atoms with Crippen LogP contribution in [0.3, 0.4) is 0 Å². The van der Waals surface area contributed by atoms with Crippen molar-refractivity contribution in [1.82, 2.24) is 4.83 Å². The molecule has 0 spiro atoms. The van der Waals surface area contributed by atoms with E-state index in [4.69, 9.17) is 14.2 Å². The fourth-order valence-corrected chi connectivity index (χ4v) is 2.83. The van der Waals surface area contributed by atoms with E-state index in [0.717, 1.165) is 11.3 Å². The molecule has 8 heteroatoms. The van der Waals surface area contributed by atoms with E-state index in [1.807, 2.05) is 6.92 Å². The SMILES string of the molecule is CCOc1ccc(/C=N/NS(=O)(=O)c2ccc(OC)c(OC)c2)cc1. The van der Waals surface area contributed by atoms with E-state index >= 15 is 0 Å². The van der Waals surface area contributed by atoms with Crippen molar-refractivity contribution in [2.45, 2.75) is 11.8 Å². The van der Waals surface area contributed by atoms with Gasteiger partial charge < -0.3 is 14.2 Å². The van der Waals surface area contributed by atoms with Crippen LogP contribution in [0.1, 0.15) is 12.5 Å². The van der Waals surface area contributed by atoms with Crippen molar-refractivity contribution >= 4 is 16.2 Å². The maximum Gasteiger partial charge on any atom is 0.276 e. The van der Waals surface area contributed by atoms with Crippen LogP contribution in [0.2, 0.25) is 0 Å². The first kappa shape index (κ1) is 18.6. The Labute approximate surface area is 147 Å². The van der Waals surface area contributed by atoms with E-state index in [9.17, 15) is 8.42 Å². The topological polar surface area (TPSA) is 86.2 Å². The molecule has 0 amide bonds. The Morgan fingerprint density at radius 2 is 1.72 bits per heavy atom. The van der Waals surface area contributed by atoms with Gasteiger partial charge in [0.1, 0.15) is 5.75 Å². The Kier molecular flexibility index (Phi) is 6.24. The van der Waals surface area contributed by atoms with Gasteiger partial charge in [0.15, 0.2) is 11.5 Å². The summed E-state index contributed by atoms with van der Waals surface area (Å²) in [6, 6.07) is 11.4. The molecule has 1 N–H and O–H groups in total. The molecule has 0 aromatic heterocycles. The Hall–Kier alpha value is -2.74. The lowest BCUT2D eigenvalue weighted by Crippen LogP contribution is -2.18. The van der Waals surface area contributed by atoms with Crippen molar-refractivity contribution in [2.24, 2.45) is 5.10 Å². The van der Waals surface area contributed by atoms with Gasteiger partial charge in [-0.1, -0.05) is 0 Å². The van der Waals surface area contributed by atoms with Gasteiger partial charge in [0, 0.05) is 6.07 Å². The fourth-order valence-electron chi connectivity index (χ4n) is 2.02. The zero-order valence-electron chi connectivity index (χ0n) is 14.2. The first-order chi connectivity index (χ1) is 12.0. The largest absolute Gasteiger partial charge is 0.494 e. The third kappa shape index (κ3) is 4.87. The molecular formula is C17H20N2O5S. The molecule has 2 aromatic rings. The number of sulfonamides is 1. The molecule has 0 aliphatic heterocycles. The molecule has 0 bridgehead atoms. The standard InChI is InChI=1S/C17H20N2O5S/c1-4-24-14-7-5-13(6-8-14)12-18-19-25(20,21)15-9-10-16(22-2)17(11-15)23-3/h5-12,19H,4H2,1-3H3/b18-12+. The van der Waals surface area contributed by atoms with Crippen molar-refractivity contribution in [2.75, 3.05) is 20.8 Å². The number of hydrogen-bond acceptors (Lipinski definition) is 6. The van der Waals surface area contributed by atoms with Crippen LogP contribution < -0.4 is 19.0 Å². The second-order valence-electron chi connectivity index (χ2n) is 4.87. The Morgan fingerprint density at radius 3 is 2.32 bits per heavy atom. The number of nitrogens with zero attached hydrogens (tertiary/aromatic N) is 1. The van der Waals surface area contributed by atoms with Crippen LogP contribution in [0.4, 0.5) is 0 Å². The van der Waals surface area contributed by atoms with Crippen LogP contribution in [-0.4, -0.2) is 35.5 Å². The highest BCUT2D eigenvalue weighted by Crippen LogP contribution is 2.29. The first-order valence-electron chi connectivity index (χ1n) is 7.50. The van der Waals surface area contributed by atoms with E-state index in [0.29, 0.717) is 18.1 Å². The van der Waals surface area contributed by atoms with E-state index in [-0.39, 0.29) is 4.90 Å². The van der Waals surface area contributed by atoms with E-state index < -0.39 is 10.0 Å². The van der Waals surface area contributed by atoms with Gasteiger partial charge >= 0.3 is 0 Å². The minimum Gasteiger partial charge on any atom is -0.494 e. The monoisotopic (exact) mass is 364 g/mol. The fraction of sp³-hybridized carbons (Fsp3) is 0.235. The molecule has 7 nitrogen and oxygen atoms in total. The molecule has 0 radical (unpaired) electrons. The van der Waals surface area contributed by atoms with Crippen LogP contribution in [-0.2, 0) is 10.0 Å². The van der Waals surface area contributed by atoms with E-state index in [1.165, 1.54) is 38.6 Å². The van der Waals surface area contributed by atoms with Crippen molar-refractivity contribution < 1.29 is 22.6 Å². The molecule has 2 aromatic carbocycles. The lowest BCUT2D eigenvalue weighted by Gasteiger charge is -2.09. The number of benzene rings is 2. The summed E-state index contributed by atoms with van der Waals surface area (Å²) in [6.45, 7) is 2.48. The first-order valence-corrected chi connectivity index (χ1v) is 8.98. The predicted octanol–water partition coefficient (Wildman–Crippen LogP) is 2.41. The molecule has 134 valence electrons. The maximum absolute atomic E-state index is 12.3. The second kappa shape index (κ2) is 8.39. The summed E-state index contributed by atoms with van der Waals surface area (Å²) >= 11 is 0. The highest BCUT2D eigenvalue weighted by Gasteiger charge is 2.16. The van der Waals surface area contributed by atoms with E-state index in [1.54, 1.807) is 24.3 Å². The van der Waals surface area contributed by atoms with Crippen molar-refractivity contribution in [3.05, 3.63) is 48.0 Å². The number of methoxy groups -OCH3 is 2. The smallest absolute Gasteiger partial charge is 0.276 e. The minimum atomic E-state index is -3.81. The van der Waals surface area contributed by atoms with Gasteiger partial charge in [0.2, 0.25) is 0 Å². The van der Waals surface area contributed by atoms with Gasteiger partial charge in [-0.05, 0) is 48.9 Å². The Balaban J connectivity index is 2.10. The summed E-state index contributed by atoms with van der Waals surface area (Å²) in [4.78, 5) is 2.19. The van der Waals surface area contributed by atoms with Crippen molar-refractivity contribution in [3.63, 3.8) is 0 Å². The third-order valence-corrected chi connectivity index (χ3v) is 4.46. The molecule has 0 saturated heterocycles. The summed E-state index contributed by atoms with van der Waals surface area (Å²) in [7, 11) is -0.899. The van der Waals surface area contributed by atoms with Crippen molar-refractivity contribution in [1.29, 1.82) is 0 Å². The second-order valence-corrected chi connectivity index (χ2v) is 6.53. The number of rotatable bonds is 8. The average molecular weight is 364 g/mol. The van der Waals surface area contributed by atoms with Crippen LogP contribution in [0.15, 0.2) is 52.5 Å². The third-order valence-electron chi connectivity index (χ3n) is 3.24. The summed E-state index contributed by atoms with van der Waals surface area (Å²) in [6.07, 6.45) is 1.41. The summed E-state index contributed by atoms with van der Waals surface area (Å²) in [5.41, 5.74) is 0.735. The molecule has 2 rings (SSSR count). The van der Waals surface area contributed by atoms with Gasteiger partial charge in [-0.2, -0.15) is 13.5 Å². The van der Waals surface area contributed by atoms with Crippen LogP contribution in [0.25, 0.3) is 0 Å². The zero-order valence-corrected chi connectivity index (χ0v) is 15.0. The lowest BCUT2D eigenvalue weighted by atomic mass is 10.2. The van der Waals surface area contributed by atoms with Gasteiger partial charge in [-0.15, -0.1) is 0 Å². The van der Waals surface area contributed by atoms with Gasteiger partial charge in [-0.25, -0.2) is 4.83 Å². The molecule has 0 atom stereocenters. The molecule has 0 unspecified atom stereocenters. The molecule has 25 heavy (non-hydrogen) atoms. The quantitative estimate of drug-likeness (QED) is 0.574. The Morgan fingerprint density at radius 1 is 1.04 bits per heavy atom. The molecule has 0 aliphatic rings. The predicted molar refractivity (Wildman–Crippen MR) is 95.1 cm³/mol. The lowest BCUT2D eigenvalue weighted by molar-refractivity contribution is 0.340. The number of ether oxygens (including phenoxy) is 3. The zero-order chi connectivity index (χ0) is 18.3. The van der Waals surface area contributed by atoms with Crippen LogP contribution >= 0.6 is 0 Å². The molecule has 0 saturated carbocycles. The summed E-state index contributed by atoms with van der Waals surface area (Å²) < 4.78 is 40.1. The van der Waals surface area contributed by atoms with Crippen molar-refractivity contribution in [3.8, 4) is 17.2 Å². The summed E-state index contributed by atoms with van der Waals surface area (Å²) in [5.74, 6) is 1.51. The average Bonchev–Trinajstić information content (AvgIpc) is 2.62. The minimum absolute atomic E-state index is 0.0222. The highest BCUT2D eigenvalue weighted by atomic mass is 32.2. The summed E-state index contributed by atoms with van der Waals surface area (Å²) in [5, 5.41) is 3.79. The normalized spacial score (nSPS) is 11.3. The van der Waals surface area contributed by atoms with Gasteiger partial charge in [0.05, 0.1) is 31.9 Å². The molecular weight excluding hydrogens is 344 g/mol. The molecule has 0 fully saturated rings. The molecule has 0 aliphatic carbocycles. The highest BCUT2D eigenvalue weighted by molar-refractivity contribution is 7.89. The van der Waals surface area contributed by atoms with Crippen LogP contribution in [0.5, 0.6) is 17.2 Å².